The van der Waals surface area contributed by atoms with Crippen molar-refractivity contribution in [3.63, 3.8) is 0 Å². The molecule has 0 saturated carbocycles. The number of carbonyl (C=O) groups excluding carboxylic acids is 2. The maximum absolute atomic E-state index is 13.6. The van der Waals surface area contributed by atoms with Crippen molar-refractivity contribution in [1.29, 1.82) is 0 Å². The van der Waals surface area contributed by atoms with E-state index in [0.29, 0.717) is 17.4 Å². The first kappa shape index (κ1) is 19.2. The van der Waals surface area contributed by atoms with Crippen molar-refractivity contribution in [3.05, 3.63) is 71.6 Å². The Balaban J connectivity index is 1.68. The van der Waals surface area contributed by atoms with Crippen LogP contribution in [0.1, 0.15) is 23.1 Å². The molecule has 28 heavy (non-hydrogen) atoms. The first-order valence-corrected chi connectivity index (χ1v) is 8.31. The van der Waals surface area contributed by atoms with E-state index in [0.717, 1.165) is 12.1 Å². The first-order valence-electron chi connectivity index (χ1n) is 8.31. The van der Waals surface area contributed by atoms with Crippen LogP contribution >= 0.6 is 0 Å². The highest BCUT2D eigenvalue weighted by Crippen LogP contribution is 2.16. The van der Waals surface area contributed by atoms with Gasteiger partial charge in [-0.05, 0) is 38.1 Å². The molecule has 0 spiro atoms. The molecule has 0 unspecified atom stereocenters. The highest BCUT2D eigenvalue weighted by molar-refractivity contribution is 5.97. The molecular weight excluding hydrogens is 370 g/mol. The van der Waals surface area contributed by atoms with E-state index in [-0.39, 0.29) is 11.4 Å². The average Bonchev–Trinajstić information content (AvgIpc) is 3.06. The zero-order valence-corrected chi connectivity index (χ0v) is 15.0. The topological polar surface area (TPSA) is 86.1 Å². The molecule has 0 aliphatic heterocycles. The van der Waals surface area contributed by atoms with Crippen molar-refractivity contribution in [1.82, 2.24) is 15.0 Å². The van der Waals surface area contributed by atoms with Gasteiger partial charge in [0.1, 0.15) is 11.6 Å². The Hall–Kier alpha value is -3.62. The molecule has 0 aliphatic rings. The quantitative estimate of drug-likeness (QED) is 0.681. The molecule has 3 rings (SSSR count). The van der Waals surface area contributed by atoms with Gasteiger partial charge in [0.25, 0.3) is 5.91 Å². The molecule has 144 valence electrons. The molecule has 0 saturated heterocycles. The monoisotopic (exact) mass is 386 g/mol. The number of hydrogen-bond donors (Lipinski definition) is 1. The lowest BCUT2D eigenvalue weighted by molar-refractivity contribution is -0.123. The van der Waals surface area contributed by atoms with Crippen LogP contribution in [0.15, 0.2) is 48.5 Å². The van der Waals surface area contributed by atoms with Crippen molar-refractivity contribution in [2.75, 3.05) is 5.32 Å². The Morgan fingerprint density at radius 3 is 2.50 bits per heavy atom. The lowest BCUT2D eigenvalue weighted by Gasteiger charge is -2.13. The fourth-order valence-corrected chi connectivity index (χ4v) is 2.34. The third-order valence-corrected chi connectivity index (χ3v) is 3.80. The van der Waals surface area contributed by atoms with Gasteiger partial charge in [-0.3, -0.25) is 4.79 Å². The van der Waals surface area contributed by atoms with Gasteiger partial charge >= 0.3 is 5.97 Å². The van der Waals surface area contributed by atoms with Crippen LogP contribution in [0.5, 0.6) is 0 Å². The number of carbonyl (C=O) groups is 2. The largest absolute Gasteiger partial charge is 0.448 e. The van der Waals surface area contributed by atoms with Crippen molar-refractivity contribution in [3.8, 4) is 5.69 Å². The minimum absolute atomic E-state index is 0.0449. The molecule has 0 aliphatic carbocycles. The third-order valence-electron chi connectivity index (χ3n) is 3.80. The Labute approximate surface area is 158 Å². The van der Waals surface area contributed by atoms with Gasteiger partial charge in [-0.1, -0.05) is 18.2 Å². The molecule has 1 aromatic heterocycles. The van der Waals surface area contributed by atoms with E-state index in [9.17, 15) is 18.4 Å². The molecule has 1 atom stereocenters. The lowest BCUT2D eigenvalue weighted by atomic mass is 10.2. The summed E-state index contributed by atoms with van der Waals surface area (Å²) in [7, 11) is 0. The van der Waals surface area contributed by atoms with Crippen molar-refractivity contribution in [2.45, 2.75) is 20.0 Å². The highest BCUT2D eigenvalue weighted by Gasteiger charge is 2.24. The van der Waals surface area contributed by atoms with Gasteiger partial charge in [0.2, 0.25) is 0 Å². The summed E-state index contributed by atoms with van der Waals surface area (Å²) in [6.45, 7) is 2.91. The predicted octanol–water partition coefficient (Wildman–Crippen LogP) is 3.04. The molecule has 3 aromatic rings. The molecule has 0 bridgehead atoms. The van der Waals surface area contributed by atoms with E-state index in [1.54, 1.807) is 31.2 Å². The number of rotatable bonds is 5. The van der Waals surface area contributed by atoms with Gasteiger partial charge in [-0.15, -0.1) is 5.10 Å². The second kappa shape index (κ2) is 7.95. The second-order valence-corrected chi connectivity index (χ2v) is 5.92. The van der Waals surface area contributed by atoms with E-state index in [1.165, 1.54) is 11.7 Å². The maximum Gasteiger partial charge on any atom is 0.361 e. The lowest BCUT2D eigenvalue weighted by Crippen LogP contribution is -2.30. The van der Waals surface area contributed by atoms with Crippen molar-refractivity contribution in [2.24, 2.45) is 0 Å². The van der Waals surface area contributed by atoms with Crippen LogP contribution in [0.3, 0.4) is 0 Å². The molecule has 0 radical (unpaired) electrons. The average molecular weight is 386 g/mol. The van der Waals surface area contributed by atoms with E-state index in [4.69, 9.17) is 4.74 Å². The molecule has 1 N–H and O–H groups in total. The Bertz CT molecular complexity index is 1020. The standard InChI is InChI=1S/C19H16F2N4O3/c1-11-17(24-25(23-11)14-6-4-3-5-7-14)19(27)28-12(2)18(26)22-16-9-8-13(20)10-15(16)21/h3-10,12H,1-2H3,(H,22,26)/t12-/m1/s1. The molecule has 0 fully saturated rings. The number of aromatic nitrogens is 3. The normalized spacial score (nSPS) is 11.7. The molecule has 9 heteroatoms. The van der Waals surface area contributed by atoms with Crippen molar-refractivity contribution < 1.29 is 23.1 Å². The Kier molecular flexibility index (Phi) is 5.44. The fraction of sp³-hybridized carbons (Fsp3) is 0.158. The summed E-state index contributed by atoms with van der Waals surface area (Å²) in [5.41, 5.74) is 0.713. The summed E-state index contributed by atoms with van der Waals surface area (Å²) in [5.74, 6) is -3.32. The summed E-state index contributed by atoms with van der Waals surface area (Å²) < 4.78 is 31.7. The van der Waals surface area contributed by atoms with Crippen LogP contribution in [0.2, 0.25) is 0 Å². The summed E-state index contributed by atoms with van der Waals surface area (Å²) in [6, 6.07) is 11.7. The van der Waals surface area contributed by atoms with Gasteiger partial charge < -0.3 is 10.1 Å². The number of hydrogen-bond acceptors (Lipinski definition) is 5. The van der Waals surface area contributed by atoms with Gasteiger partial charge in [-0.2, -0.15) is 9.90 Å². The van der Waals surface area contributed by atoms with E-state index < -0.39 is 29.6 Å². The fourth-order valence-electron chi connectivity index (χ4n) is 2.34. The minimum atomic E-state index is -1.24. The number of nitrogens with one attached hydrogen (secondary N) is 1. The predicted molar refractivity (Wildman–Crippen MR) is 96.0 cm³/mol. The van der Waals surface area contributed by atoms with Gasteiger partial charge in [0, 0.05) is 6.07 Å². The van der Waals surface area contributed by atoms with Crippen LogP contribution in [0, 0.1) is 18.6 Å². The molecular formula is C19H16F2N4O3. The molecule has 7 nitrogen and oxygen atoms in total. The van der Waals surface area contributed by atoms with Gasteiger partial charge in [0.15, 0.2) is 11.8 Å². The van der Waals surface area contributed by atoms with Gasteiger partial charge in [-0.25, -0.2) is 13.6 Å². The highest BCUT2D eigenvalue weighted by atomic mass is 19.1. The number of anilines is 1. The molecule has 1 amide bonds. The van der Waals surface area contributed by atoms with Crippen molar-refractivity contribution >= 4 is 17.6 Å². The number of para-hydroxylation sites is 1. The Morgan fingerprint density at radius 1 is 1.11 bits per heavy atom. The first-order chi connectivity index (χ1) is 13.3. The zero-order valence-electron chi connectivity index (χ0n) is 15.0. The van der Waals surface area contributed by atoms with Crippen LogP contribution in [-0.2, 0) is 9.53 Å². The van der Waals surface area contributed by atoms with Crippen LogP contribution < -0.4 is 5.32 Å². The third kappa shape index (κ3) is 4.20. The van der Waals surface area contributed by atoms with E-state index >= 15 is 0 Å². The smallest absolute Gasteiger partial charge is 0.361 e. The SMILES string of the molecule is Cc1nn(-c2ccccc2)nc1C(=O)O[C@H](C)C(=O)Nc1ccc(F)cc1F. The Morgan fingerprint density at radius 2 is 1.82 bits per heavy atom. The van der Waals surface area contributed by atoms with E-state index in [1.807, 2.05) is 6.07 Å². The summed E-state index contributed by atoms with van der Waals surface area (Å²) in [5, 5.41) is 10.5. The second-order valence-electron chi connectivity index (χ2n) is 5.92. The summed E-state index contributed by atoms with van der Waals surface area (Å²) in [4.78, 5) is 25.8. The summed E-state index contributed by atoms with van der Waals surface area (Å²) >= 11 is 0. The number of benzene rings is 2. The maximum atomic E-state index is 13.6. The number of amides is 1. The van der Waals surface area contributed by atoms with Gasteiger partial charge in [0.05, 0.1) is 17.1 Å². The van der Waals surface area contributed by atoms with Crippen LogP contribution in [0.4, 0.5) is 14.5 Å². The number of esters is 1. The minimum Gasteiger partial charge on any atom is -0.448 e. The number of aryl methyl sites for hydroxylation is 1. The van der Waals surface area contributed by atoms with E-state index in [2.05, 4.69) is 15.5 Å². The van der Waals surface area contributed by atoms with Crippen LogP contribution in [-0.4, -0.2) is 33.0 Å². The molecule has 2 aromatic carbocycles. The zero-order chi connectivity index (χ0) is 20.3. The molecule has 1 heterocycles. The summed E-state index contributed by atoms with van der Waals surface area (Å²) in [6.07, 6.45) is -1.24. The number of nitrogens with zero attached hydrogens (tertiary/aromatic N) is 3. The van der Waals surface area contributed by atoms with Crippen LogP contribution in [0.25, 0.3) is 5.69 Å². The number of ether oxygens (including phenoxy) is 1. The number of halogens is 2.